The van der Waals surface area contributed by atoms with Crippen LogP contribution in [0.5, 0.6) is 5.75 Å². The van der Waals surface area contributed by atoms with E-state index in [0.717, 1.165) is 29.8 Å². The van der Waals surface area contributed by atoms with Gasteiger partial charge in [-0.1, -0.05) is 23.7 Å². The number of rotatable bonds is 4. The molecule has 1 atom stereocenters. The maximum atomic E-state index is 6.43. The first-order valence-corrected chi connectivity index (χ1v) is 6.87. The summed E-state index contributed by atoms with van der Waals surface area (Å²) in [5, 5.41) is 4.28. The van der Waals surface area contributed by atoms with Gasteiger partial charge in [0.1, 0.15) is 5.75 Å². The van der Waals surface area contributed by atoms with Crippen molar-refractivity contribution in [1.29, 1.82) is 0 Å². The van der Waals surface area contributed by atoms with Gasteiger partial charge in [-0.2, -0.15) is 0 Å². The van der Waals surface area contributed by atoms with Crippen molar-refractivity contribution >= 4 is 11.6 Å². The van der Waals surface area contributed by atoms with Gasteiger partial charge in [0.15, 0.2) is 0 Å². The highest BCUT2D eigenvalue weighted by molar-refractivity contribution is 6.32. The Bertz CT molecular complexity index is 397. The molecule has 2 aliphatic rings. The first kappa shape index (κ1) is 11.4. The van der Waals surface area contributed by atoms with E-state index in [4.69, 9.17) is 16.3 Å². The zero-order valence-electron chi connectivity index (χ0n) is 9.92. The monoisotopic (exact) mass is 251 g/mol. The number of ether oxygens (including phenoxy) is 1. The molecule has 1 aromatic carbocycles. The van der Waals surface area contributed by atoms with E-state index in [1.165, 1.54) is 31.2 Å². The summed E-state index contributed by atoms with van der Waals surface area (Å²) in [6.45, 7) is 1.91. The Hall–Kier alpha value is -0.730. The van der Waals surface area contributed by atoms with Crippen molar-refractivity contribution in [3.05, 3.63) is 28.8 Å². The molecule has 0 amide bonds. The van der Waals surface area contributed by atoms with Crippen molar-refractivity contribution in [1.82, 2.24) is 5.32 Å². The van der Waals surface area contributed by atoms with Crippen molar-refractivity contribution < 1.29 is 4.74 Å². The minimum Gasteiger partial charge on any atom is -0.492 e. The second-order valence-corrected chi connectivity index (χ2v) is 5.44. The molecule has 1 unspecified atom stereocenters. The van der Waals surface area contributed by atoms with E-state index < -0.39 is 0 Å². The molecule has 0 bridgehead atoms. The van der Waals surface area contributed by atoms with Gasteiger partial charge in [0, 0.05) is 6.04 Å². The van der Waals surface area contributed by atoms with Crippen LogP contribution in [-0.2, 0) is 0 Å². The number of hydrogen-bond acceptors (Lipinski definition) is 2. The van der Waals surface area contributed by atoms with Crippen molar-refractivity contribution in [3.63, 3.8) is 0 Å². The molecule has 3 rings (SSSR count). The van der Waals surface area contributed by atoms with E-state index in [1.54, 1.807) is 0 Å². The Labute approximate surface area is 107 Å². The largest absolute Gasteiger partial charge is 0.492 e. The molecule has 3 heteroatoms. The predicted octanol–water partition coefficient (Wildman–Crippen LogP) is 3.55. The summed E-state index contributed by atoms with van der Waals surface area (Å²) in [6, 6.07) is 6.54. The lowest BCUT2D eigenvalue weighted by atomic mass is 10.1. The van der Waals surface area contributed by atoms with E-state index >= 15 is 0 Å². The van der Waals surface area contributed by atoms with Crippen LogP contribution in [0.25, 0.3) is 0 Å². The van der Waals surface area contributed by atoms with Crippen molar-refractivity contribution in [2.24, 2.45) is 5.92 Å². The predicted molar refractivity (Wildman–Crippen MR) is 69.6 cm³/mol. The summed E-state index contributed by atoms with van der Waals surface area (Å²) in [5.74, 6) is 1.61. The molecular formula is C14H18ClNO. The van der Waals surface area contributed by atoms with Crippen molar-refractivity contribution in [3.8, 4) is 5.75 Å². The molecule has 1 N–H and O–H groups in total. The molecule has 1 aromatic rings. The highest BCUT2D eigenvalue weighted by Gasteiger charge is 2.24. The molecule has 2 nitrogen and oxygen atoms in total. The maximum Gasteiger partial charge on any atom is 0.138 e. The molecule has 0 spiro atoms. The van der Waals surface area contributed by atoms with Crippen LogP contribution in [0.3, 0.4) is 0 Å². The maximum absolute atomic E-state index is 6.43. The average molecular weight is 252 g/mol. The lowest BCUT2D eigenvalue weighted by molar-refractivity contribution is 0.299. The van der Waals surface area contributed by atoms with E-state index in [1.807, 2.05) is 12.1 Å². The second kappa shape index (κ2) is 4.87. The molecule has 1 saturated heterocycles. The van der Waals surface area contributed by atoms with Crippen LogP contribution >= 0.6 is 11.6 Å². The van der Waals surface area contributed by atoms with Crippen LogP contribution in [0.2, 0.25) is 5.02 Å². The highest BCUT2D eigenvalue weighted by Crippen LogP contribution is 2.36. The summed E-state index contributed by atoms with van der Waals surface area (Å²) >= 11 is 6.43. The van der Waals surface area contributed by atoms with Gasteiger partial charge >= 0.3 is 0 Å². The van der Waals surface area contributed by atoms with Gasteiger partial charge in [-0.15, -0.1) is 0 Å². The van der Waals surface area contributed by atoms with Gasteiger partial charge in [-0.25, -0.2) is 0 Å². The zero-order valence-corrected chi connectivity index (χ0v) is 10.7. The smallest absolute Gasteiger partial charge is 0.138 e. The summed E-state index contributed by atoms with van der Waals surface area (Å²) < 4.78 is 5.80. The van der Waals surface area contributed by atoms with E-state index in [9.17, 15) is 0 Å². The van der Waals surface area contributed by atoms with Gasteiger partial charge in [0.25, 0.3) is 0 Å². The third-order valence-electron chi connectivity index (χ3n) is 3.60. The third kappa shape index (κ3) is 2.58. The lowest BCUT2D eigenvalue weighted by Crippen LogP contribution is -2.13. The van der Waals surface area contributed by atoms with Crippen molar-refractivity contribution in [2.45, 2.75) is 31.7 Å². The SMILES string of the molecule is Clc1c(OCC2CC2)cccc1C1CCCN1. The number of nitrogens with one attached hydrogen (secondary N) is 1. The molecule has 1 heterocycles. The number of benzene rings is 1. The summed E-state index contributed by atoms with van der Waals surface area (Å²) in [6.07, 6.45) is 5.02. The lowest BCUT2D eigenvalue weighted by Gasteiger charge is -2.15. The average Bonchev–Trinajstić information content (AvgIpc) is 3.01. The fourth-order valence-electron chi connectivity index (χ4n) is 2.35. The Morgan fingerprint density at radius 2 is 2.18 bits per heavy atom. The van der Waals surface area contributed by atoms with Gasteiger partial charge in [-0.3, -0.25) is 0 Å². The standard InChI is InChI=1S/C14H18ClNO/c15-14-11(12-4-2-8-16-12)3-1-5-13(14)17-9-10-6-7-10/h1,3,5,10,12,16H,2,4,6-9H2. The third-order valence-corrected chi connectivity index (χ3v) is 4.00. The molecule has 1 saturated carbocycles. The minimum absolute atomic E-state index is 0.409. The normalized spacial score (nSPS) is 23.9. The van der Waals surface area contributed by atoms with E-state index in [-0.39, 0.29) is 0 Å². The topological polar surface area (TPSA) is 21.3 Å². The quantitative estimate of drug-likeness (QED) is 0.884. The summed E-state index contributed by atoms with van der Waals surface area (Å²) in [7, 11) is 0. The molecule has 17 heavy (non-hydrogen) atoms. The number of hydrogen-bond donors (Lipinski definition) is 1. The fourth-order valence-corrected chi connectivity index (χ4v) is 2.66. The molecule has 0 radical (unpaired) electrons. The number of halogens is 1. The first-order chi connectivity index (χ1) is 8.34. The molecule has 2 fully saturated rings. The molecule has 1 aliphatic heterocycles. The van der Waals surface area contributed by atoms with Crippen LogP contribution in [0.1, 0.15) is 37.3 Å². The Morgan fingerprint density at radius 3 is 2.88 bits per heavy atom. The first-order valence-electron chi connectivity index (χ1n) is 6.49. The zero-order chi connectivity index (χ0) is 11.7. The van der Waals surface area contributed by atoms with Gasteiger partial charge < -0.3 is 10.1 Å². The molecule has 1 aliphatic carbocycles. The van der Waals surface area contributed by atoms with Crippen LogP contribution in [-0.4, -0.2) is 13.2 Å². The van der Waals surface area contributed by atoms with Crippen LogP contribution in [0.15, 0.2) is 18.2 Å². The van der Waals surface area contributed by atoms with Gasteiger partial charge in [0.2, 0.25) is 0 Å². The molecule has 0 aromatic heterocycles. The Kier molecular flexibility index (Phi) is 3.26. The minimum atomic E-state index is 0.409. The van der Waals surface area contributed by atoms with Crippen molar-refractivity contribution in [2.75, 3.05) is 13.2 Å². The van der Waals surface area contributed by atoms with Crippen LogP contribution in [0.4, 0.5) is 0 Å². The Balaban J connectivity index is 1.75. The second-order valence-electron chi connectivity index (χ2n) is 5.06. The fraction of sp³-hybridized carbons (Fsp3) is 0.571. The molecular weight excluding hydrogens is 234 g/mol. The van der Waals surface area contributed by atoms with E-state index in [2.05, 4.69) is 11.4 Å². The Morgan fingerprint density at radius 1 is 1.29 bits per heavy atom. The molecule has 92 valence electrons. The highest BCUT2D eigenvalue weighted by atomic mass is 35.5. The van der Waals surface area contributed by atoms with Crippen LogP contribution in [0, 0.1) is 5.92 Å². The van der Waals surface area contributed by atoms with Gasteiger partial charge in [0.05, 0.1) is 11.6 Å². The van der Waals surface area contributed by atoms with E-state index in [0.29, 0.717) is 6.04 Å². The summed E-state index contributed by atoms with van der Waals surface area (Å²) in [5.41, 5.74) is 1.19. The van der Waals surface area contributed by atoms with Gasteiger partial charge in [-0.05, 0) is 49.8 Å². The van der Waals surface area contributed by atoms with Crippen LogP contribution < -0.4 is 10.1 Å². The summed E-state index contributed by atoms with van der Waals surface area (Å²) in [4.78, 5) is 0.